The molecule has 0 aromatic heterocycles. The molecule has 1 aromatic carbocycles. The van der Waals surface area contributed by atoms with Crippen molar-refractivity contribution in [1.82, 2.24) is 0 Å². The number of allylic oxidation sites excluding steroid dienone is 9. The first-order valence-corrected chi connectivity index (χ1v) is 12.2. The first kappa shape index (κ1) is 27.4. The van der Waals surface area contributed by atoms with E-state index >= 15 is 0 Å². The van der Waals surface area contributed by atoms with Crippen LogP contribution in [0, 0.1) is 22.6 Å². The van der Waals surface area contributed by atoms with E-state index in [9.17, 15) is 14.0 Å². The largest absolute Gasteiger partial charge is 0.290 e. The van der Waals surface area contributed by atoms with Crippen LogP contribution >= 0.6 is 0 Å². The van der Waals surface area contributed by atoms with Crippen LogP contribution in [0.25, 0.3) is 0 Å². The SMILES string of the molecule is C=CC(C)(C)C1=CC(c2cccc(F)c2)C=C(C(C)(C)C)C1=O.CCCCC1C=CC(=O)C=C1. The topological polar surface area (TPSA) is 34.1 Å². The molecule has 34 heavy (non-hydrogen) atoms. The van der Waals surface area contributed by atoms with Crippen LogP contribution in [0.4, 0.5) is 4.39 Å². The molecule has 0 bridgehead atoms. The first-order chi connectivity index (χ1) is 15.9. The molecule has 2 aliphatic carbocycles. The Bertz CT molecular complexity index is 1010. The van der Waals surface area contributed by atoms with Gasteiger partial charge in [0.25, 0.3) is 0 Å². The molecular weight excluding hydrogens is 423 g/mol. The number of hydrogen-bond donors (Lipinski definition) is 0. The van der Waals surface area contributed by atoms with Gasteiger partial charge in [-0.15, -0.1) is 6.58 Å². The molecule has 0 saturated carbocycles. The van der Waals surface area contributed by atoms with Crippen LogP contribution in [0.15, 0.2) is 84.5 Å². The number of ketones is 2. The number of carbonyl (C=O) groups excluding carboxylic acids is 2. The minimum atomic E-state index is -0.423. The van der Waals surface area contributed by atoms with Crippen LogP contribution < -0.4 is 0 Å². The summed E-state index contributed by atoms with van der Waals surface area (Å²) in [4.78, 5) is 23.7. The number of carbonyl (C=O) groups is 2. The molecule has 0 amide bonds. The molecule has 2 aliphatic rings. The average Bonchev–Trinajstić information content (AvgIpc) is 2.78. The van der Waals surface area contributed by atoms with E-state index in [-0.39, 0.29) is 28.7 Å². The predicted molar refractivity (Wildman–Crippen MR) is 140 cm³/mol. The predicted octanol–water partition coefficient (Wildman–Crippen LogP) is 8.09. The minimum absolute atomic E-state index is 0.0649. The maximum atomic E-state index is 13.6. The van der Waals surface area contributed by atoms with Crippen molar-refractivity contribution in [3.63, 3.8) is 0 Å². The number of rotatable bonds is 6. The molecule has 0 fully saturated rings. The van der Waals surface area contributed by atoms with Crippen molar-refractivity contribution in [2.24, 2.45) is 16.7 Å². The summed E-state index contributed by atoms with van der Waals surface area (Å²) >= 11 is 0. The van der Waals surface area contributed by atoms with E-state index < -0.39 is 5.41 Å². The Kier molecular flexibility index (Phi) is 9.32. The molecule has 1 aromatic rings. The van der Waals surface area contributed by atoms with E-state index in [0.717, 1.165) is 16.7 Å². The van der Waals surface area contributed by atoms with E-state index in [1.54, 1.807) is 24.3 Å². The van der Waals surface area contributed by atoms with Crippen molar-refractivity contribution < 1.29 is 14.0 Å². The van der Waals surface area contributed by atoms with E-state index in [4.69, 9.17) is 0 Å². The molecule has 0 spiro atoms. The van der Waals surface area contributed by atoms with E-state index in [0.29, 0.717) is 5.92 Å². The quantitative estimate of drug-likeness (QED) is 0.400. The molecule has 2 nitrogen and oxygen atoms in total. The van der Waals surface area contributed by atoms with E-state index in [1.807, 2.05) is 65.0 Å². The number of unbranched alkanes of at least 4 members (excludes halogenated alkanes) is 1. The summed E-state index contributed by atoms with van der Waals surface area (Å²) in [5, 5.41) is 0. The summed E-state index contributed by atoms with van der Waals surface area (Å²) in [6.45, 7) is 16.1. The Balaban J connectivity index is 0.000000310. The minimum Gasteiger partial charge on any atom is -0.290 e. The fourth-order valence-corrected chi connectivity index (χ4v) is 4.01. The van der Waals surface area contributed by atoms with Gasteiger partial charge in [-0.3, -0.25) is 9.59 Å². The van der Waals surface area contributed by atoms with Crippen LogP contribution in [-0.4, -0.2) is 11.6 Å². The average molecular weight is 463 g/mol. The second-order valence-corrected chi connectivity index (χ2v) is 10.7. The van der Waals surface area contributed by atoms with Crippen molar-refractivity contribution in [3.8, 4) is 0 Å². The number of Topliss-reactive ketones (excluding diaryl/α,β-unsaturated/α-hetero) is 1. The fourth-order valence-electron chi connectivity index (χ4n) is 4.01. The molecule has 182 valence electrons. The van der Waals surface area contributed by atoms with Crippen molar-refractivity contribution in [2.45, 2.75) is 66.7 Å². The number of halogens is 1. The van der Waals surface area contributed by atoms with Crippen LogP contribution in [0.5, 0.6) is 0 Å². The summed E-state index contributed by atoms with van der Waals surface area (Å²) in [5.74, 6) is 0.329. The molecule has 1 unspecified atom stereocenters. The van der Waals surface area contributed by atoms with Crippen LogP contribution in [-0.2, 0) is 9.59 Å². The molecule has 0 radical (unpaired) electrons. The third kappa shape index (κ3) is 7.35. The van der Waals surface area contributed by atoms with Gasteiger partial charge in [-0.05, 0) is 47.6 Å². The normalized spacial score (nSPS) is 18.7. The summed E-state index contributed by atoms with van der Waals surface area (Å²) in [5.41, 5.74) is 1.68. The lowest BCUT2D eigenvalue weighted by atomic mass is 9.69. The second-order valence-electron chi connectivity index (χ2n) is 10.7. The van der Waals surface area contributed by atoms with E-state index in [2.05, 4.69) is 13.5 Å². The fraction of sp³-hybridized carbons (Fsp3) is 0.419. The highest BCUT2D eigenvalue weighted by Crippen LogP contribution is 2.42. The maximum Gasteiger partial charge on any atom is 0.185 e. The lowest BCUT2D eigenvalue weighted by Gasteiger charge is -2.33. The molecule has 1 atom stereocenters. The van der Waals surface area contributed by atoms with Gasteiger partial charge in [0.1, 0.15) is 5.82 Å². The first-order valence-electron chi connectivity index (χ1n) is 12.2. The monoisotopic (exact) mass is 462 g/mol. The molecule has 0 N–H and O–H groups in total. The highest BCUT2D eigenvalue weighted by Gasteiger charge is 2.36. The van der Waals surface area contributed by atoms with E-state index in [1.165, 1.54) is 31.4 Å². The number of hydrogen-bond acceptors (Lipinski definition) is 2. The van der Waals surface area contributed by atoms with Gasteiger partial charge in [-0.2, -0.15) is 0 Å². The Hall–Kier alpha value is -2.81. The zero-order chi connectivity index (χ0) is 25.5. The Morgan fingerprint density at radius 1 is 1.00 bits per heavy atom. The highest BCUT2D eigenvalue weighted by molar-refractivity contribution is 6.11. The molecule has 0 aliphatic heterocycles. The standard InChI is InChI=1S/C21H25FO.C10H14O/c1-7-21(5,6)18-13-15(14-9-8-10-16(22)11-14)12-17(19(18)23)20(2,3)4;1-2-3-4-9-5-7-10(11)8-6-9/h7-13,15H,1H2,2-6H3;5-9H,2-4H2,1H3. The van der Waals surface area contributed by atoms with Crippen LogP contribution in [0.3, 0.4) is 0 Å². The zero-order valence-corrected chi connectivity index (χ0v) is 21.5. The highest BCUT2D eigenvalue weighted by atomic mass is 19.1. The summed E-state index contributed by atoms with van der Waals surface area (Å²) in [7, 11) is 0. The molecule has 0 heterocycles. The summed E-state index contributed by atoms with van der Waals surface area (Å²) < 4.78 is 13.6. The third-order valence-electron chi connectivity index (χ3n) is 6.33. The van der Waals surface area contributed by atoms with Gasteiger partial charge in [-0.1, -0.05) is 96.9 Å². The van der Waals surface area contributed by atoms with Crippen molar-refractivity contribution >= 4 is 11.6 Å². The van der Waals surface area contributed by atoms with Crippen molar-refractivity contribution in [1.29, 1.82) is 0 Å². The van der Waals surface area contributed by atoms with Gasteiger partial charge >= 0.3 is 0 Å². The van der Waals surface area contributed by atoms with Gasteiger partial charge in [0.2, 0.25) is 0 Å². The lowest BCUT2D eigenvalue weighted by Crippen LogP contribution is -2.29. The maximum absolute atomic E-state index is 13.6. The molecule has 3 heteroatoms. The molecular formula is C31H39FO2. The Labute approximate surface area is 205 Å². The van der Waals surface area contributed by atoms with Gasteiger partial charge < -0.3 is 0 Å². The van der Waals surface area contributed by atoms with Gasteiger partial charge in [-0.25, -0.2) is 4.39 Å². The smallest absolute Gasteiger partial charge is 0.185 e. The van der Waals surface area contributed by atoms with Gasteiger partial charge in [0, 0.05) is 22.5 Å². The summed E-state index contributed by atoms with van der Waals surface area (Å²) in [6, 6.07) is 6.57. The van der Waals surface area contributed by atoms with Crippen LogP contribution in [0.1, 0.15) is 72.3 Å². The van der Waals surface area contributed by atoms with Gasteiger partial charge in [0.05, 0.1) is 0 Å². The second kappa shape index (κ2) is 11.6. The van der Waals surface area contributed by atoms with Crippen molar-refractivity contribution in [3.05, 3.63) is 95.9 Å². The number of benzene rings is 1. The lowest BCUT2D eigenvalue weighted by molar-refractivity contribution is -0.114. The zero-order valence-electron chi connectivity index (χ0n) is 21.5. The Morgan fingerprint density at radius 2 is 1.62 bits per heavy atom. The summed E-state index contributed by atoms with van der Waals surface area (Å²) in [6.07, 6.45) is 16.7. The Morgan fingerprint density at radius 3 is 2.15 bits per heavy atom. The third-order valence-corrected chi connectivity index (χ3v) is 6.33. The van der Waals surface area contributed by atoms with Gasteiger partial charge in [0.15, 0.2) is 11.6 Å². The van der Waals surface area contributed by atoms with Crippen molar-refractivity contribution in [2.75, 3.05) is 0 Å². The molecule has 3 rings (SSSR count). The molecule has 0 saturated heterocycles. The van der Waals surface area contributed by atoms with Crippen LogP contribution in [0.2, 0.25) is 0 Å².